The van der Waals surface area contributed by atoms with Gasteiger partial charge in [0.25, 0.3) is 5.56 Å². The highest BCUT2D eigenvalue weighted by atomic mass is 32.2. The Labute approximate surface area is 89.3 Å². The molecule has 0 unspecified atom stereocenters. The zero-order valence-electron chi connectivity index (χ0n) is 8.27. The van der Waals surface area contributed by atoms with E-state index in [2.05, 4.69) is 9.72 Å². The largest absolute Gasteiger partial charge is 0.468 e. The molecule has 0 fully saturated rings. The van der Waals surface area contributed by atoms with E-state index in [-0.39, 0.29) is 5.75 Å². The highest BCUT2D eigenvalue weighted by Crippen LogP contribution is 2.13. The van der Waals surface area contributed by atoms with Gasteiger partial charge in [0.05, 0.1) is 17.9 Å². The van der Waals surface area contributed by atoms with Crippen LogP contribution < -0.4 is 11.2 Å². The molecule has 0 bridgehead atoms. The molecular formula is C8H10N2O4S. The molecule has 0 atom stereocenters. The fourth-order valence-corrected chi connectivity index (χ4v) is 1.72. The fourth-order valence-electron chi connectivity index (χ4n) is 0.865. The molecule has 0 amide bonds. The number of nitrogens with one attached hydrogen (secondary N) is 1. The number of aromatic amines is 1. The van der Waals surface area contributed by atoms with Crippen molar-refractivity contribution >= 4 is 17.7 Å². The Bertz CT molecular complexity index is 476. The first-order chi connectivity index (χ1) is 7.04. The summed E-state index contributed by atoms with van der Waals surface area (Å²) in [7, 11) is 2.79. The lowest BCUT2D eigenvalue weighted by atomic mass is 10.6. The van der Waals surface area contributed by atoms with E-state index < -0.39 is 17.2 Å². The van der Waals surface area contributed by atoms with Gasteiger partial charge < -0.3 is 4.74 Å². The molecular weight excluding hydrogens is 220 g/mol. The minimum atomic E-state index is -0.505. The van der Waals surface area contributed by atoms with Crippen molar-refractivity contribution < 1.29 is 9.53 Å². The average Bonchev–Trinajstić information content (AvgIpc) is 2.20. The van der Waals surface area contributed by atoms with Crippen molar-refractivity contribution in [3.63, 3.8) is 0 Å². The number of thioether (sulfide) groups is 1. The van der Waals surface area contributed by atoms with Gasteiger partial charge in [0.15, 0.2) is 0 Å². The predicted octanol–water partition coefficient (Wildman–Crippen LogP) is -0.661. The van der Waals surface area contributed by atoms with E-state index >= 15 is 0 Å². The lowest BCUT2D eigenvalue weighted by molar-refractivity contribution is -0.137. The number of ether oxygens (including phenoxy) is 1. The number of carbonyl (C=O) groups is 1. The maximum absolute atomic E-state index is 11.2. The van der Waals surface area contributed by atoms with Gasteiger partial charge in [-0.1, -0.05) is 11.8 Å². The highest BCUT2D eigenvalue weighted by Gasteiger charge is 2.06. The number of methoxy groups -OCH3 is 1. The summed E-state index contributed by atoms with van der Waals surface area (Å²) in [4.78, 5) is 35.1. The van der Waals surface area contributed by atoms with E-state index in [4.69, 9.17) is 0 Å². The van der Waals surface area contributed by atoms with Gasteiger partial charge in [-0.3, -0.25) is 19.1 Å². The quantitative estimate of drug-likeness (QED) is 0.423. The average molecular weight is 230 g/mol. The fraction of sp³-hybridized carbons (Fsp3) is 0.375. The van der Waals surface area contributed by atoms with Crippen LogP contribution in [0, 0.1) is 0 Å². The van der Waals surface area contributed by atoms with E-state index in [9.17, 15) is 14.4 Å². The van der Waals surface area contributed by atoms with Gasteiger partial charge in [-0.25, -0.2) is 4.79 Å². The van der Waals surface area contributed by atoms with Crippen molar-refractivity contribution in [2.45, 2.75) is 5.03 Å². The van der Waals surface area contributed by atoms with Gasteiger partial charge in [0, 0.05) is 13.1 Å². The maximum Gasteiger partial charge on any atom is 0.328 e. The third-order valence-electron chi connectivity index (χ3n) is 1.69. The maximum atomic E-state index is 11.2. The number of hydrogen-bond acceptors (Lipinski definition) is 5. The van der Waals surface area contributed by atoms with Crippen LogP contribution in [-0.4, -0.2) is 28.4 Å². The lowest BCUT2D eigenvalue weighted by Crippen LogP contribution is -2.28. The smallest absolute Gasteiger partial charge is 0.328 e. The molecule has 6 nitrogen and oxygen atoms in total. The van der Waals surface area contributed by atoms with E-state index in [1.54, 1.807) is 0 Å². The number of nitrogens with zero attached hydrogens (tertiary/aromatic N) is 1. The molecule has 82 valence electrons. The molecule has 1 heterocycles. The Morgan fingerprint density at radius 2 is 2.27 bits per heavy atom. The molecule has 0 saturated carbocycles. The van der Waals surface area contributed by atoms with E-state index in [0.29, 0.717) is 5.03 Å². The van der Waals surface area contributed by atoms with E-state index in [1.807, 2.05) is 0 Å². The number of rotatable bonds is 3. The van der Waals surface area contributed by atoms with Gasteiger partial charge in [-0.2, -0.15) is 0 Å². The van der Waals surface area contributed by atoms with Crippen LogP contribution in [0.15, 0.2) is 20.7 Å². The second kappa shape index (κ2) is 4.83. The minimum absolute atomic E-state index is 0.0627. The second-order valence-corrected chi connectivity index (χ2v) is 3.70. The van der Waals surface area contributed by atoms with Crippen molar-refractivity contribution in [1.82, 2.24) is 9.55 Å². The van der Waals surface area contributed by atoms with Crippen LogP contribution in [0.1, 0.15) is 0 Å². The van der Waals surface area contributed by atoms with Crippen LogP contribution in [0.5, 0.6) is 0 Å². The second-order valence-electron chi connectivity index (χ2n) is 2.70. The SMILES string of the molecule is COC(=O)CSc1cc(=O)[nH]c(=O)n1C. The molecule has 7 heteroatoms. The zero-order valence-corrected chi connectivity index (χ0v) is 9.09. The zero-order chi connectivity index (χ0) is 11.4. The summed E-state index contributed by atoms with van der Waals surface area (Å²) >= 11 is 1.08. The van der Waals surface area contributed by atoms with Gasteiger partial charge in [0.2, 0.25) is 0 Å². The first kappa shape index (κ1) is 11.6. The monoisotopic (exact) mass is 230 g/mol. The van der Waals surface area contributed by atoms with Gasteiger partial charge in [-0.05, 0) is 0 Å². The Morgan fingerprint density at radius 1 is 1.60 bits per heavy atom. The third kappa shape index (κ3) is 2.98. The summed E-state index contributed by atoms with van der Waals surface area (Å²) in [5.74, 6) is -0.347. The number of H-pyrrole nitrogens is 1. The summed E-state index contributed by atoms with van der Waals surface area (Å²) in [6.45, 7) is 0. The molecule has 1 rings (SSSR count). The molecule has 0 saturated heterocycles. The van der Waals surface area contributed by atoms with Crippen molar-refractivity contribution in [3.05, 3.63) is 26.9 Å². The summed E-state index contributed by atoms with van der Waals surface area (Å²) < 4.78 is 5.70. The van der Waals surface area contributed by atoms with Crippen molar-refractivity contribution in [2.75, 3.05) is 12.9 Å². The first-order valence-corrected chi connectivity index (χ1v) is 5.03. The van der Waals surface area contributed by atoms with Crippen LogP contribution in [0.4, 0.5) is 0 Å². The predicted molar refractivity (Wildman–Crippen MR) is 55.0 cm³/mol. The molecule has 1 aromatic rings. The topological polar surface area (TPSA) is 81.2 Å². The number of esters is 1. The molecule has 0 aliphatic rings. The molecule has 0 radical (unpaired) electrons. The van der Waals surface area contributed by atoms with E-state index in [0.717, 1.165) is 11.8 Å². The van der Waals surface area contributed by atoms with Crippen molar-refractivity contribution in [2.24, 2.45) is 7.05 Å². The Balaban J connectivity index is 2.90. The molecule has 0 aliphatic carbocycles. The van der Waals surface area contributed by atoms with Crippen LogP contribution in [-0.2, 0) is 16.6 Å². The van der Waals surface area contributed by atoms with Gasteiger partial charge in [-0.15, -0.1) is 0 Å². The van der Waals surface area contributed by atoms with Crippen LogP contribution in [0.2, 0.25) is 0 Å². The number of hydrogen-bond donors (Lipinski definition) is 1. The van der Waals surface area contributed by atoms with Gasteiger partial charge >= 0.3 is 11.7 Å². The molecule has 1 N–H and O–H groups in total. The van der Waals surface area contributed by atoms with Crippen molar-refractivity contribution in [1.29, 1.82) is 0 Å². The number of carbonyl (C=O) groups excluding carboxylic acids is 1. The third-order valence-corrected chi connectivity index (χ3v) is 2.75. The first-order valence-electron chi connectivity index (χ1n) is 4.04. The van der Waals surface area contributed by atoms with Gasteiger partial charge in [0.1, 0.15) is 0 Å². The van der Waals surface area contributed by atoms with Crippen LogP contribution >= 0.6 is 11.8 Å². The van der Waals surface area contributed by atoms with Crippen LogP contribution in [0.25, 0.3) is 0 Å². The summed E-state index contributed by atoms with van der Waals surface area (Å²) in [6.07, 6.45) is 0. The highest BCUT2D eigenvalue weighted by molar-refractivity contribution is 7.99. The Hall–Kier alpha value is -1.50. The molecule has 0 spiro atoms. The lowest BCUT2D eigenvalue weighted by Gasteiger charge is -2.04. The van der Waals surface area contributed by atoms with Crippen molar-refractivity contribution in [3.8, 4) is 0 Å². The van der Waals surface area contributed by atoms with Crippen LogP contribution in [0.3, 0.4) is 0 Å². The number of aromatic nitrogens is 2. The summed E-state index contributed by atoms with van der Waals surface area (Å²) in [6, 6.07) is 1.26. The molecule has 1 aromatic heterocycles. The molecule has 0 aromatic carbocycles. The Kier molecular flexibility index (Phi) is 3.73. The summed E-state index contributed by atoms with van der Waals surface area (Å²) in [5.41, 5.74) is -0.986. The van der Waals surface area contributed by atoms with E-state index in [1.165, 1.54) is 24.8 Å². The summed E-state index contributed by atoms with van der Waals surface area (Å²) in [5, 5.41) is 0.425. The standard InChI is InChI=1S/C8H10N2O4S/c1-10-6(15-4-7(12)14-2)3-5(11)9-8(10)13/h3H,4H2,1-2H3,(H,9,11,13). The molecule has 0 aliphatic heterocycles. The molecule has 15 heavy (non-hydrogen) atoms. The normalized spacial score (nSPS) is 10.0. The minimum Gasteiger partial charge on any atom is -0.468 e. The Morgan fingerprint density at radius 3 is 2.87 bits per heavy atom.